The summed E-state index contributed by atoms with van der Waals surface area (Å²) in [6.45, 7) is -1.01. The van der Waals surface area contributed by atoms with Gasteiger partial charge >= 0.3 is 5.97 Å². The molecule has 2 amide bonds. The lowest BCUT2D eigenvalue weighted by Crippen LogP contribution is -2.47. The van der Waals surface area contributed by atoms with Gasteiger partial charge in [-0.15, -0.1) is 0 Å². The van der Waals surface area contributed by atoms with Crippen molar-refractivity contribution in [2.75, 3.05) is 20.2 Å². The Kier molecular flexibility index (Phi) is 5.67. The van der Waals surface area contributed by atoms with Gasteiger partial charge in [0.05, 0.1) is 13.2 Å². The SMILES string of the molecule is CN(CC(=O)N[C@H](CO)C(=O)O)C(=O)c1ccccc1. The van der Waals surface area contributed by atoms with Crippen LogP contribution in [-0.4, -0.2) is 59.1 Å². The predicted molar refractivity (Wildman–Crippen MR) is 70.1 cm³/mol. The third-order valence-corrected chi connectivity index (χ3v) is 2.56. The molecule has 1 rings (SSSR count). The summed E-state index contributed by atoms with van der Waals surface area (Å²) in [5.41, 5.74) is 0.430. The first-order valence-corrected chi connectivity index (χ1v) is 5.89. The van der Waals surface area contributed by atoms with E-state index in [9.17, 15) is 14.4 Å². The van der Waals surface area contributed by atoms with Gasteiger partial charge in [-0.3, -0.25) is 9.59 Å². The second-order valence-electron chi connectivity index (χ2n) is 4.17. The molecule has 0 saturated heterocycles. The van der Waals surface area contributed by atoms with Gasteiger partial charge in [0, 0.05) is 12.6 Å². The monoisotopic (exact) mass is 280 g/mol. The molecule has 0 spiro atoms. The van der Waals surface area contributed by atoms with Crippen molar-refractivity contribution in [2.45, 2.75) is 6.04 Å². The van der Waals surface area contributed by atoms with Crippen LogP contribution in [-0.2, 0) is 9.59 Å². The molecule has 20 heavy (non-hydrogen) atoms. The Hall–Kier alpha value is -2.41. The van der Waals surface area contributed by atoms with Gasteiger partial charge in [0.25, 0.3) is 5.91 Å². The predicted octanol–water partition coefficient (Wildman–Crippen LogP) is -0.680. The van der Waals surface area contributed by atoms with Gasteiger partial charge in [0.15, 0.2) is 0 Å². The Balaban J connectivity index is 2.57. The molecule has 7 nitrogen and oxygen atoms in total. The number of aliphatic carboxylic acids is 1. The maximum Gasteiger partial charge on any atom is 0.328 e. The number of nitrogens with one attached hydrogen (secondary N) is 1. The van der Waals surface area contributed by atoms with Gasteiger partial charge in [-0.05, 0) is 12.1 Å². The second kappa shape index (κ2) is 7.25. The summed E-state index contributed by atoms with van der Waals surface area (Å²) in [5.74, 6) is -2.34. The molecule has 0 aliphatic heterocycles. The number of carbonyl (C=O) groups excluding carboxylic acids is 2. The van der Waals surface area contributed by atoms with Gasteiger partial charge in [-0.25, -0.2) is 4.79 Å². The number of likely N-dealkylation sites (N-methyl/N-ethyl adjacent to an activating group) is 1. The lowest BCUT2D eigenvalue weighted by Gasteiger charge is -2.18. The minimum Gasteiger partial charge on any atom is -0.480 e. The minimum absolute atomic E-state index is 0.294. The van der Waals surface area contributed by atoms with E-state index < -0.39 is 24.5 Å². The van der Waals surface area contributed by atoms with E-state index in [2.05, 4.69) is 5.32 Å². The zero-order chi connectivity index (χ0) is 15.1. The highest BCUT2D eigenvalue weighted by Gasteiger charge is 2.21. The molecular formula is C13H16N2O5. The van der Waals surface area contributed by atoms with E-state index in [1.54, 1.807) is 30.3 Å². The van der Waals surface area contributed by atoms with Gasteiger partial charge in [-0.1, -0.05) is 18.2 Å². The van der Waals surface area contributed by atoms with E-state index in [0.717, 1.165) is 0 Å². The molecule has 0 saturated carbocycles. The van der Waals surface area contributed by atoms with Crippen molar-refractivity contribution >= 4 is 17.8 Å². The third-order valence-electron chi connectivity index (χ3n) is 2.56. The lowest BCUT2D eigenvalue weighted by atomic mass is 10.2. The fourth-order valence-electron chi connectivity index (χ4n) is 1.51. The fraction of sp³-hybridized carbons (Fsp3) is 0.308. The molecule has 108 valence electrons. The Bertz CT molecular complexity index is 489. The summed E-state index contributed by atoms with van der Waals surface area (Å²) in [5, 5.41) is 19.6. The maximum absolute atomic E-state index is 11.9. The summed E-state index contributed by atoms with van der Waals surface area (Å²) in [6.07, 6.45) is 0. The zero-order valence-electron chi connectivity index (χ0n) is 10.9. The summed E-state index contributed by atoms with van der Waals surface area (Å²) < 4.78 is 0. The van der Waals surface area contributed by atoms with E-state index in [0.29, 0.717) is 5.56 Å². The Labute approximate surface area is 115 Å². The van der Waals surface area contributed by atoms with E-state index in [1.165, 1.54) is 11.9 Å². The van der Waals surface area contributed by atoms with Crippen molar-refractivity contribution in [1.82, 2.24) is 10.2 Å². The molecule has 1 atom stereocenters. The molecule has 3 N–H and O–H groups in total. The van der Waals surface area contributed by atoms with Crippen molar-refractivity contribution < 1.29 is 24.6 Å². The van der Waals surface area contributed by atoms with E-state index in [-0.39, 0.29) is 12.5 Å². The number of rotatable bonds is 6. The van der Waals surface area contributed by atoms with Crippen LogP contribution in [0.15, 0.2) is 30.3 Å². The molecule has 7 heteroatoms. The van der Waals surface area contributed by atoms with Crippen molar-refractivity contribution in [1.29, 1.82) is 0 Å². The average molecular weight is 280 g/mol. The number of amides is 2. The topological polar surface area (TPSA) is 107 Å². The number of hydrogen-bond donors (Lipinski definition) is 3. The Morgan fingerprint density at radius 3 is 2.35 bits per heavy atom. The number of aliphatic hydroxyl groups is 1. The van der Waals surface area contributed by atoms with Crippen LogP contribution in [0.2, 0.25) is 0 Å². The largest absolute Gasteiger partial charge is 0.480 e. The first-order valence-electron chi connectivity index (χ1n) is 5.89. The molecule has 1 aromatic rings. The minimum atomic E-state index is -1.37. The lowest BCUT2D eigenvalue weighted by molar-refractivity contribution is -0.143. The summed E-state index contributed by atoms with van der Waals surface area (Å²) in [6, 6.07) is 7.03. The molecule has 0 aliphatic rings. The molecule has 0 unspecified atom stereocenters. The van der Waals surface area contributed by atoms with Crippen molar-refractivity contribution in [2.24, 2.45) is 0 Å². The van der Waals surface area contributed by atoms with Gasteiger partial charge < -0.3 is 20.4 Å². The molecule has 0 fully saturated rings. The highest BCUT2D eigenvalue weighted by atomic mass is 16.4. The average Bonchev–Trinajstić information content (AvgIpc) is 2.44. The molecule has 0 heterocycles. The number of carboxylic acid groups (broad SMARTS) is 1. The van der Waals surface area contributed by atoms with Gasteiger partial charge in [0.1, 0.15) is 6.04 Å². The first kappa shape index (κ1) is 15.6. The number of hydrogen-bond acceptors (Lipinski definition) is 4. The number of carboxylic acids is 1. The van der Waals surface area contributed by atoms with Crippen LogP contribution in [0.25, 0.3) is 0 Å². The normalized spacial score (nSPS) is 11.5. The zero-order valence-corrected chi connectivity index (χ0v) is 10.9. The highest BCUT2D eigenvalue weighted by molar-refractivity contribution is 5.96. The summed E-state index contributed by atoms with van der Waals surface area (Å²) in [7, 11) is 1.43. The molecule has 0 radical (unpaired) electrons. The van der Waals surface area contributed by atoms with E-state index in [1.807, 2.05) is 0 Å². The van der Waals surface area contributed by atoms with Crippen LogP contribution in [0.4, 0.5) is 0 Å². The molecule has 1 aromatic carbocycles. The summed E-state index contributed by atoms with van der Waals surface area (Å²) in [4.78, 5) is 35.4. The maximum atomic E-state index is 11.9. The van der Waals surface area contributed by atoms with Gasteiger partial charge in [-0.2, -0.15) is 0 Å². The van der Waals surface area contributed by atoms with E-state index in [4.69, 9.17) is 10.2 Å². The number of nitrogens with zero attached hydrogens (tertiary/aromatic N) is 1. The molecule has 0 bridgehead atoms. The Morgan fingerprint density at radius 1 is 1.25 bits per heavy atom. The van der Waals surface area contributed by atoms with Crippen molar-refractivity contribution in [3.8, 4) is 0 Å². The Morgan fingerprint density at radius 2 is 1.85 bits per heavy atom. The van der Waals surface area contributed by atoms with Crippen LogP contribution < -0.4 is 5.32 Å². The number of aliphatic hydroxyl groups excluding tert-OH is 1. The van der Waals surface area contributed by atoms with Crippen molar-refractivity contribution in [3.63, 3.8) is 0 Å². The number of carbonyl (C=O) groups is 3. The highest BCUT2D eigenvalue weighted by Crippen LogP contribution is 2.02. The third kappa shape index (κ3) is 4.36. The quantitative estimate of drug-likeness (QED) is 0.640. The smallest absolute Gasteiger partial charge is 0.328 e. The van der Waals surface area contributed by atoms with Crippen LogP contribution in [0.1, 0.15) is 10.4 Å². The van der Waals surface area contributed by atoms with Crippen LogP contribution >= 0.6 is 0 Å². The molecule has 0 aromatic heterocycles. The van der Waals surface area contributed by atoms with Crippen molar-refractivity contribution in [3.05, 3.63) is 35.9 Å². The molecular weight excluding hydrogens is 264 g/mol. The molecule has 0 aliphatic carbocycles. The standard InChI is InChI=1S/C13H16N2O5/c1-15(12(18)9-5-3-2-4-6-9)7-11(17)14-10(8-16)13(19)20/h2-6,10,16H,7-8H2,1H3,(H,14,17)(H,19,20)/t10-/m1/s1. The second-order valence-corrected chi connectivity index (χ2v) is 4.17. The summed E-state index contributed by atoms with van der Waals surface area (Å²) >= 11 is 0. The van der Waals surface area contributed by atoms with Crippen LogP contribution in [0.3, 0.4) is 0 Å². The van der Waals surface area contributed by atoms with E-state index >= 15 is 0 Å². The number of benzene rings is 1. The van der Waals surface area contributed by atoms with Gasteiger partial charge in [0.2, 0.25) is 5.91 Å². The van der Waals surface area contributed by atoms with Crippen LogP contribution in [0, 0.1) is 0 Å². The first-order chi connectivity index (χ1) is 9.45. The van der Waals surface area contributed by atoms with Crippen LogP contribution in [0.5, 0.6) is 0 Å². The fourth-order valence-corrected chi connectivity index (χ4v) is 1.51.